The number of alkyl halides is 2. The number of amides is 2. The standard InChI is InChI=1S/C16H17F3N2O2/c17-10-4-6-11(7-5-10)21-12(13(20)22)16(18,19)15(14(21)23)8-2-1-3-9-15/h4-7,12H,1-3,8-9H2,(H2,20,22). The Bertz CT molecular complexity index is 639. The number of hydrogen-bond acceptors (Lipinski definition) is 2. The van der Waals surface area contributed by atoms with Crippen LogP contribution in [-0.4, -0.2) is 23.8 Å². The first-order valence-corrected chi connectivity index (χ1v) is 7.58. The lowest BCUT2D eigenvalue weighted by Gasteiger charge is -2.36. The van der Waals surface area contributed by atoms with Crippen molar-refractivity contribution in [3.05, 3.63) is 30.1 Å². The highest BCUT2D eigenvalue weighted by Crippen LogP contribution is 2.57. The van der Waals surface area contributed by atoms with E-state index < -0.39 is 35.0 Å². The Labute approximate surface area is 131 Å². The van der Waals surface area contributed by atoms with Crippen molar-refractivity contribution in [2.75, 3.05) is 4.90 Å². The first-order valence-electron chi connectivity index (χ1n) is 7.58. The van der Waals surface area contributed by atoms with Crippen LogP contribution in [0.3, 0.4) is 0 Å². The zero-order valence-corrected chi connectivity index (χ0v) is 12.4. The van der Waals surface area contributed by atoms with Crippen LogP contribution in [0.4, 0.5) is 18.9 Å². The van der Waals surface area contributed by atoms with Crippen LogP contribution in [0.1, 0.15) is 32.1 Å². The van der Waals surface area contributed by atoms with Crippen molar-refractivity contribution in [1.82, 2.24) is 0 Å². The molecule has 1 saturated carbocycles. The molecule has 1 aliphatic heterocycles. The van der Waals surface area contributed by atoms with Crippen LogP contribution < -0.4 is 10.6 Å². The van der Waals surface area contributed by atoms with E-state index in [4.69, 9.17) is 5.73 Å². The van der Waals surface area contributed by atoms with Gasteiger partial charge in [-0.3, -0.25) is 14.5 Å². The van der Waals surface area contributed by atoms with Crippen LogP contribution in [0.2, 0.25) is 0 Å². The first-order chi connectivity index (χ1) is 10.8. The summed E-state index contributed by atoms with van der Waals surface area (Å²) in [6, 6.07) is 2.50. The topological polar surface area (TPSA) is 63.4 Å². The second-order valence-electron chi connectivity index (χ2n) is 6.22. The van der Waals surface area contributed by atoms with E-state index >= 15 is 8.78 Å². The molecule has 3 rings (SSSR count). The second-order valence-corrected chi connectivity index (χ2v) is 6.22. The van der Waals surface area contributed by atoms with Crippen LogP contribution in [0.5, 0.6) is 0 Å². The van der Waals surface area contributed by atoms with Gasteiger partial charge in [0.2, 0.25) is 11.8 Å². The van der Waals surface area contributed by atoms with Gasteiger partial charge in [0.1, 0.15) is 11.2 Å². The average molecular weight is 326 g/mol. The van der Waals surface area contributed by atoms with E-state index in [0.717, 1.165) is 23.5 Å². The molecule has 0 radical (unpaired) electrons. The SMILES string of the molecule is NC(=O)C1N(c2ccc(F)cc2)C(=O)C2(CCCCC2)C1(F)F. The molecule has 1 aromatic carbocycles. The quantitative estimate of drug-likeness (QED) is 0.908. The number of hydrogen-bond donors (Lipinski definition) is 1. The van der Waals surface area contributed by atoms with Crippen molar-refractivity contribution in [1.29, 1.82) is 0 Å². The fraction of sp³-hybridized carbons (Fsp3) is 0.500. The number of primary amides is 1. The van der Waals surface area contributed by atoms with Crippen molar-refractivity contribution >= 4 is 17.5 Å². The van der Waals surface area contributed by atoms with Gasteiger partial charge >= 0.3 is 0 Å². The minimum atomic E-state index is -3.55. The maximum Gasteiger partial charge on any atom is 0.291 e. The van der Waals surface area contributed by atoms with Gasteiger partial charge in [-0.15, -0.1) is 0 Å². The summed E-state index contributed by atoms with van der Waals surface area (Å²) in [5, 5.41) is 0. The van der Waals surface area contributed by atoms with E-state index in [9.17, 15) is 14.0 Å². The number of halogens is 3. The molecule has 1 aromatic rings. The average Bonchev–Trinajstić information content (AvgIpc) is 2.67. The lowest BCUT2D eigenvalue weighted by molar-refractivity contribution is -0.156. The predicted molar refractivity (Wildman–Crippen MR) is 77.3 cm³/mol. The Hall–Kier alpha value is -2.05. The van der Waals surface area contributed by atoms with E-state index in [1.807, 2.05) is 0 Å². The molecule has 2 fully saturated rings. The lowest BCUT2D eigenvalue weighted by atomic mass is 9.69. The third kappa shape index (κ3) is 2.13. The molecule has 23 heavy (non-hydrogen) atoms. The number of carbonyl (C=O) groups is 2. The third-order valence-electron chi connectivity index (χ3n) is 4.95. The van der Waals surface area contributed by atoms with Gasteiger partial charge < -0.3 is 5.73 Å². The molecular formula is C16H17F3N2O2. The van der Waals surface area contributed by atoms with Gasteiger partial charge in [0.05, 0.1) is 0 Å². The second kappa shape index (κ2) is 5.25. The van der Waals surface area contributed by atoms with Crippen molar-refractivity contribution in [3.63, 3.8) is 0 Å². The Morgan fingerprint density at radius 1 is 1.13 bits per heavy atom. The summed E-state index contributed by atoms with van der Waals surface area (Å²) in [5.41, 5.74) is 3.36. The number of nitrogens with two attached hydrogens (primary N) is 1. The van der Waals surface area contributed by atoms with Gasteiger partial charge in [0, 0.05) is 5.69 Å². The Morgan fingerprint density at radius 3 is 2.22 bits per heavy atom. The molecule has 2 N–H and O–H groups in total. The molecule has 1 unspecified atom stereocenters. The van der Waals surface area contributed by atoms with E-state index in [-0.39, 0.29) is 18.5 Å². The van der Waals surface area contributed by atoms with Crippen LogP contribution in [0.15, 0.2) is 24.3 Å². The van der Waals surface area contributed by atoms with Gasteiger partial charge in [0.15, 0.2) is 6.04 Å². The minimum absolute atomic E-state index is 0.0281. The molecule has 1 saturated heterocycles. The summed E-state index contributed by atoms with van der Waals surface area (Å²) < 4.78 is 43.1. The van der Waals surface area contributed by atoms with Crippen molar-refractivity contribution in [3.8, 4) is 0 Å². The number of anilines is 1. The highest BCUT2D eigenvalue weighted by atomic mass is 19.3. The molecule has 0 bridgehead atoms. The van der Waals surface area contributed by atoms with Crippen molar-refractivity contribution < 1.29 is 22.8 Å². The highest BCUT2D eigenvalue weighted by molar-refractivity contribution is 6.08. The van der Waals surface area contributed by atoms with Gasteiger partial charge in [-0.25, -0.2) is 13.2 Å². The summed E-state index contributed by atoms with van der Waals surface area (Å²) in [5.74, 6) is -6.16. The van der Waals surface area contributed by atoms with Gasteiger partial charge in [0.25, 0.3) is 5.92 Å². The van der Waals surface area contributed by atoms with Crippen LogP contribution in [0, 0.1) is 11.2 Å². The number of carbonyl (C=O) groups excluding carboxylic acids is 2. The largest absolute Gasteiger partial charge is 0.368 e. The monoisotopic (exact) mass is 326 g/mol. The van der Waals surface area contributed by atoms with E-state index in [2.05, 4.69) is 0 Å². The predicted octanol–water partition coefficient (Wildman–Crippen LogP) is 2.61. The zero-order valence-electron chi connectivity index (χ0n) is 12.4. The van der Waals surface area contributed by atoms with Gasteiger partial charge in [-0.2, -0.15) is 0 Å². The molecule has 1 spiro atoms. The Kier molecular flexibility index (Phi) is 3.61. The molecule has 4 nitrogen and oxygen atoms in total. The zero-order chi connectivity index (χ0) is 16.8. The Morgan fingerprint density at radius 2 is 1.70 bits per heavy atom. The minimum Gasteiger partial charge on any atom is -0.368 e. The fourth-order valence-corrected chi connectivity index (χ4v) is 3.79. The van der Waals surface area contributed by atoms with Crippen LogP contribution >= 0.6 is 0 Å². The molecular weight excluding hydrogens is 309 g/mol. The number of nitrogens with zero attached hydrogens (tertiary/aromatic N) is 1. The summed E-state index contributed by atoms with van der Waals surface area (Å²) in [4.78, 5) is 25.3. The van der Waals surface area contributed by atoms with Crippen LogP contribution in [-0.2, 0) is 9.59 Å². The molecule has 0 aromatic heterocycles. The van der Waals surface area contributed by atoms with E-state index in [1.54, 1.807) is 0 Å². The third-order valence-corrected chi connectivity index (χ3v) is 4.95. The smallest absolute Gasteiger partial charge is 0.291 e. The van der Waals surface area contributed by atoms with E-state index in [1.165, 1.54) is 12.1 Å². The Balaban J connectivity index is 2.12. The van der Waals surface area contributed by atoms with Crippen LogP contribution in [0.25, 0.3) is 0 Å². The molecule has 1 heterocycles. The molecule has 124 valence electrons. The maximum absolute atomic E-state index is 15.0. The summed E-state index contributed by atoms with van der Waals surface area (Å²) in [6.07, 6.45) is 1.84. The maximum atomic E-state index is 15.0. The first kappa shape index (κ1) is 15.8. The molecule has 1 atom stereocenters. The lowest BCUT2D eigenvalue weighted by Crippen LogP contribution is -2.52. The van der Waals surface area contributed by atoms with Gasteiger partial charge in [-0.05, 0) is 37.1 Å². The van der Waals surface area contributed by atoms with E-state index in [0.29, 0.717) is 12.8 Å². The normalized spacial score (nSPS) is 25.8. The summed E-state index contributed by atoms with van der Waals surface area (Å²) in [6.45, 7) is 0. The van der Waals surface area contributed by atoms with Gasteiger partial charge in [-0.1, -0.05) is 19.3 Å². The number of benzene rings is 1. The van der Waals surface area contributed by atoms with Crippen molar-refractivity contribution in [2.45, 2.75) is 44.1 Å². The molecule has 7 heteroatoms. The van der Waals surface area contributed by atoms with Crippen molar-refractivity contribution in [2.24, 2.45) is 11.1 Å². The molecule has 2 amide bonds. The summed E-state index contributed by atoms with van der Waals surface area (Å²) in [7, 11) is 0. The fourth-order valence-electron chi connectivity index (χ4n) is 3.79. The molecule has 2 aliphatic rings. The highest BCUT2D eigenvalue weighted by Gasteiger charge is 2.73. The number of rotatable bonds is 2. The summed E-state index contributed by atoms with van der Waals surface area (Å²) >= 11 is 0. The molecule has 1 aliphatic carbocycles.